The topological polar surface area (TPSA) is 88.2 Å². The van der Waals surface area contributed by atoms with Gasteiger partial charge < -0.3 is 9.80 Å². The lowest BCUT2D eigenvalue weighted by atomic mass is 9.98. The number of thiophene rings is 4. The second kappa shape index (κ2) is 28.6. The maximum atomic E-state index is 15.4. The molecule has 0 saturated carbocycles. The first-order valence-corrected chi connectivity index (χ1v) is 33.2. The fourth-order valence-electron chi connectivity index (χ4n) is 9.19. The van der Waals surface area contributed by atoms with Gasteiger partial charge in [0, 0.05) is 42.4 Å². The summed E-state index contributed by atoms with van der Waals surface area (Å²) in [7, 11) is 0. The Morgan fingerprint density at radius 3 is 1.40 bits per heavy atom. The fourth-order valence-corrected chi connectivity index (χ4v) is 19.5. The molecule has 0 radical (unpaired) electrons. The van der Waals surface area contributed by atoms with E-state index in [1.807, 2.05) is 68.9 Å². The molecule has 4 aromatic heterocycles. The van der Waals surface area contributed by atoms with Crippen LogP contribution < -0.4 is 0 Å². The van der Waals surface area contributed by atoms with Crippen molar-refractivity contribution in [2.75, 3.05) is 24.6 Å². The van der Waals surface area contributed by atoms with Gasteiger partial charge in [0.25, 0.3) is 11.8 Å². The van der Waals surface area contributed by atoms with E-state index in [0.717, 1.165) is 92.0 Å². The molecule has 0 aliphatic carbocycles. The molecule has 0 bridgehead atoms. The van der Waals surface area contributed by atoms with E-state index in [0.29, 0.717) is 36.1 Å². The van der Waals surface area contributed by atoms with Crippen LogP contribution in [0.1, 0.15) is 164 Å². The minimum absolute atomic E-state index is 0.0639. The Hall–Kier alpha value is -3.18. The standard InChI is InChI=1S/C58H70N4O2S8/c1-7-13-17-19-31-65-57-58(66-32-20-18-14-8-2)72-50(71-57)34-43-24-26-45(68-43)47-28-30-49(70-47)54-52-51(55(63)62(54)38-40(12-6)22-16-10-4)53(61(56(52)64)37-39(11-5)21-15-9-3)48-29-27-46(69-48)44-25-23-42(67-44)33-41(35-59)36-60/h23-30,33-34,39-40H,7-22,31-32,37-38H2,1-6H3. The highest BCUT2D eigenvalue weighted by atomic mass is 32.3. The Morgan fingerprint density at radius 1 is 0.542 bits per heavy atom. The molecule has 14 heteroatoms. The van der Waals surface area contributed by atoms with Gasteiger partial charge in [-0.2, -0.15) is 10.5 Å². The molecule has 2 unspecified atom stereocenters. The second-order valence-electron chi connectivity index (χ2n) is 18.7. The summed E-state index contributed by atoms with van der Waals surface area (Å²) < 4.78 is 4.31. The first-order chi connectivity index (χ1) is 35.2. The summed E-state index contributed by atoms with van der Waals surface area (Å²) in [5.74, 6) is 2.83. The number of nitriles is 2. The van der Waals surface area contributed by atoms with Crippen molar-refractivity contribution in [3.63, 3.8) is 0 Å². The number of hydrogen-bond acceptors (Lipinski definition) is 12. The Bertz CT molecular complexity index is 2700. The molecule has 72 heavy (non-hydrogen) atoms. The van der Waals surface area contributed by atoms with E-state index in [-0.39, 0.29) is 17.4 Å². The quantitative estimate of drug-likeness (QED) is 0.0377. The van der Waals surface area contributed by atoms with Gasteiger partial charge in [0.15, 0.2) is 0 Å². The zero-order valence-corrected chi connectivity index (χ0v) is 49.5. The van der Waals surface area contributed by atoms with E-state index in [9.17, 15) is 10.5 Å². The van der Waals surface area contributed by atoms with Crippen molar-refractivity contribution >= 4 is 128 Å². The van der Waals surface area contributed by atoms with Crippen LogP contribution in [-0.4, -0.2) is 46.2 Å². The lowest BCUT2D eigenvalue weighted by molar-refractivity contribution is -0.124. The van der Waals surface area contributed by atoms with Crippen LogP contribution in [0.15, 0.2) is 78.0 Å². The number of carbonyl (C=O) groups excluding carboxylic acids is 2. The Kier molecular flexibility index (Phi) is 22.5. The van der Waals surface area contributed by atoms with Gasteiger partial charge in [-0.1, -0.05) is 142 Å². The minimum Gasteiger partial charge on any atom is -0.306 e. The number of carbonyl (C=O) groups is 2. The molecule has 0 fully saturated rings. The Balaban J connectivity index is 1.23. The van der Waals surface area contributed by atoms with Gasteiger partial charge in [-0.15, -0.1) is 68.9 Å². The molecule has 2 amide bonds. The molecule has 3 aliphatic rings. The van der Waals surface area contributed by atoms with Crippen LogP contribution in [-0.2, 0) is 9.59 Å². The van der Waals surface area contributed by atoms with Crippen molar-refractivity contribution in [3.8, 4) is 31.6 Å². The highest BCUT2D eigenvalue weighted by molar-refractivity contribution is 8.40. The molecule has 0 spiro atoms. The molecule has 2 atom stereocenters. The normalized spacial score (nSPS) is 15.6. The van der Waals surface area contributed by atoms with E-state index in [1.165, 1.54) is 96.7 Å². The molecule has 7 rings (SSSR count). The van der Waals surface area contributed by atoms with Gasteiger partial charge in [0.05, 0.1) is 45.0 Å². The van der Waals surface area contributed by atoms with Crippen LogP contribution in [0.2, 0.25) is 0 Å². The van der Waals surface area contributed by atoms with E-state index in [2.05, 4.69) is 108 Å². The zero-order chi connectivity index (χ0) is 51.0. The van der Waals surface area contributed by atoms with Crippen molar-refractivity contribution in [3.05, 3.63) is 97.5 Å². The van der Waals surface area contributed by atoms with Crippen LogP contribution >= 0.6 is 92.4 Å². The molecule has 0 aromatic carbocycles. The summed E-state index contributed by atoms with van der Waals surface area (Å²) in [5, 5.41) is 18.8. The van der Waals surface area contributed by atoms with Crippen molar-refractivity contribution in [2.24, 2.45) is 11.8 Å². The molecular formula is C58H70N4O2S8. The van der Waals surface area contributed by atoms with Crippen LogP contribution in [0.3, 0.4) is 0 Å². The summed E-state index contributed by atoms with van der Waals surface area (Å²) in [5.41, 5.74) is 2.67. The highest BCUT2D eigenvalue weighted by Crippen LogP contribution is 2.58. The number of thioether (sulfide) groups is 4. The number of allylic oxidation sites excluding steroid dienone is 1. The number of hydrogen-bond donors (Lipinski definition) is 0. The summed E-state index contributed by atoms with van der Waals surface area (Å²) in [6, 6.07) is 20.9. The highest BCUT2D eigenvalue weighted by Gasteiger charge is 2.50. The van der Waals surface area contributed by atoms with Gasteiger partial charge in [-0.05, 0) is 110 Å². The monoisotopic (exact) mass is 1110 g/mol. The van der Waals surface area contributed by atoms with E-state index >= 15 is 9.59 Å². The van der Waals surface area contributed by atoms with E-state index in [4.69, 9.17) is 0 Å². The van der Waals surface area contributed by atoms with Gasteiger partial charge in [-0.25, -0.2) is 0 Å². The molecule has 6 nitrogen and oxygen atoms in total. The summed E-state index contributed by atoms with van der Waals surface area (Å²) in [6.07, 6.45) is 22.6. The largest absolute Gasteiger partial charge is 0.306 e. The maximum absolute atomic E-state index is 15.4. The van der Waals surface area contributed by atoms with Gasteiger partial charge in [-0.3, -0.25) is 9.59 Å². The average Bonchev–Trinajstić information content (AvgIpc) is 4.28. The predicted octanol–water partition coefficient (Wildman–Crippen LogP) is 19.5. The first-order valence-electron chi connectivity index (χ1n) is 26.3. The number of unbranched alkanes of at least 4 members (excludes halogenated alkanes) is 8. The minimum atomic E-state index is -0.0708. The number of fused-ring (bicyclic) bond motifs is 1. The summed E-state index contributed by atoms with van der Waals surface area (Å²) in [4.78, 5) is 43.0. The number of amides is 2. The molecule has 0 saturated heterocycles. The maximum Gasteiger partial charge on any atom is 0.261 e. The SMILES string of the molecule is CCCCCCSC1=C(SCCCCCC)SC(=Cc2ccc(-c3ccc(C4=C5C(=O)N(CC(CC)CCCC)C(c6ccc(-c7ccc(C=C(C#N)C#N)s7)s6)=C5C(=O)N4CC(CC)CCCC)s3)s2)S1. The molecular weight excluding hydrogens is 1040 g/mol. The molecule has 3 aliphatic heterocycles. The van der Waals surface area contributed by atoms with Crippen LogP contribution in [0.4, 0.5) is 0 Å². The third-order valence-electron chi connectivity index (χ3n) is 13.4. The van der Waals surface area contributed by atoms with Gasteiger partial charge in [0.2, 0.25) is 0 Å². The first kappa shape index (κ1) is 56.5. The zero-order valence-electron chi connectivity index (χ0n) is 42.9. The Morgan fingerprint density at radius 2 is 0.958 bits per heavy atom. The smallest absolute Gasteiger partial charge is 0.261 e. The second-order valence-corrected chi connectivity index (χ2v) is 28.2. The van der Waals surface area contributed by atoms with Gasteiger partial charge in [0.1, 0.15) is 17.7 Å². The van der Waals surface area contributed by atoms with E-state index in [1.54, 1.807) is 28.7 Å². The summed E-state index contributed by atoms with van der Waals surface area (Å²) >= 11 is 14.6. The van der Waals surface area contributed by atoms with Crippen molar-refractivity contribution in [1.82, 2.24) is 9.80 Å². The van der Waals surface area contributed by atoms with Crippen molar-refractivity contribution < 1.29 is 9.59 Å². The fraction of sp³-hybridized carbons (Fsp3) is 0.483. The predicted molar refractivity (Wildman–Crippen MR) is 322 cm³/mol. The van der Waals surface area contributed by atoms with Crippen molar-refractivity contribution in [1.29, 1.82) is 10.5 Å². The van der Waals surface area contributed by atoms with Crippen LogP contribution in [0, 0.1) is 34.5 Å². The van der Waals surface area contributed by atoms with Crippen LogP contribution in [0.25, 0.3) is 43.1 Å². The third kappa shape index (κ3) is 14.2. The molecule has 4 aromatic rings. The Labute approximate surface area is 463 Å². The molecule has 7 heterocycles. The lowest BCUT2D eigenvalue weighted by Gasteiger charge is -2.29. The van der Waals surface area contributed by atoms with Crippen molar-refractivity contribution in [2.45, 2.75) is 144 Å². The number of rotatable bonds is 30. The number of nitrogens with zero attached hydrogens (tertiary/aromatic N) is 4. The summed E-state index contributed by atoms with van der Waals surface area (Å²) in [6.45, 7) is 14.6. The average molecular weight is 1110 g/mol. The van der Waals surface area contributed by atoms with Gasteiger partial charge >= 0.3 is 0 Å². The molecule has 382 valence electrons. The van der Waals surface area contributed by atoms with Crippen LogP contribution in [0.5, 0.6) is 0 Å². The van der Waals surface area contributed by atoms with E-state index < -0.39 is 0 Å². The lowest BCUT2D eigenvalue weighted by Crippen LogP contribution is -2.34. The third-order valence-corrected chi connectivity index (χ3v) is 23.6. The molecule has 0 N–H and O–H groups in total.